The number of carbonyl (C=O) groups excluding carboxylic acids is 2. The van der Waals surface area contributed by atoms with Crippen LogP contribution in [0.15, 0.2) is 24.4 Å². The number of nitrogens with one attached hydrogen (secondary N) is 1. The number of piperazine rings is 1. The molecule has 2 amide bonds. The number of aliphatic hydroxyl groups is 1. The zero-order chi connectivity index (χ0) is 15.1. The minimum Gasteiger partial charge on any atom is -0.396 e. The molecule has 1 aromatic heterocycles. The first kappa shape index (κ1) is 15.2. The molecule has 0 aromatic carbocycles. The van der Waals surface area contributed by atoms with Crippen LogP contribution in [0.25, 0.3) is 0 Å². The van der Waals surface area contributed by atoms with E-state index in [4.69, 9.17) is 5.11 Å². The van der Waals surface area contributed by atoms with Crippen LogP contribution in [0.1, 0.15) is 6.42 Å². The summed E-state index contributed by atoms with van der Waals surface area (Å²) in [6.45, 7) is 2.64. The highest BCUT2D eigenvalue weighted by Crippen LogP contribution is 2.12. The second kappa shape index (κ2) is 7.58. The van der Waals surface area contributed by atoms with Crippen molar-refractivity contribution < 1.29 is 14.7 Å². The molecule has 2 rings (SSSR count). The number of nitrogens with zero attached hydrogens (tertiary/aromatic N) is 3. The molecule has 1 aliphatic rings. The predicted octanol–water partition coefficient (Wildman–Crippen LogP) is -0.771. The Morgan fingerprint density at radius 1 is 1.24 bits per heavy atom. The Hall–Kier alpha value is -2.15. The molecule has 1 aromatic rings. The Morgan fingerprint density at radius 3 is 2.62 bits per heavy atom. The number of amides is 2. The van der Waals surface area contributed by atoms with E-state index in [0.717, 1.165) is 5.82 Å². The van der Waals surface area contributed by atoms with Crippen LogP contribution >= 0.6 is 0 Å². The van der Waals surface area contributed by atoms with E-state index in [1.54, 1.807) is 11.1 Å². The number of carbonyl (C=O) groups is 2. The quantitative estimate of drug-likeness (QED) is 0.562. The summed E-state index contributed by atoms with van der Waals surface area (Å²) in [5.74, 6) is -0.222. The van der Waals surface area contributed by atoms with Crippen LogP contribution in [-0.2, 0) is 9.59 Å². The molecule has 0 saturated carbocycles. The Bertz CT molecular complexity index is 472. The van der Waals surface area contributed by atoms with Crippen molar-refractivity contribution in [3.8, 4) is 0 Å². The lowest BCUT2D eigenvalue weighted by Crippen LogP contribution is -2.53. The van der Waals surface area contributed by atoms with Crippen molar-refractivity contribution in [2.24, 2.45) is 0 Å². The first-order valence-corrected chi connectivity index (χ1v) is 7.06. The zero-order valence-corrected chi connectivity index (χ0v) is 11.9. The normalized spacial score (nSPS) is 14.9. The lowest BCUT2D eigenvalue weighted by molar-refractivity contribution is -0.146. The maximum Gasteiger partial charge on any atom is 0.312 e. The van der Waals surface area contributed by atoms with E-state index < -0.39 is 11.8 Å². The fourth-order valence-corrected chi connectivity index (χ4v) is 2.18. The summed E-state index contributed by atoms with van der Waals surface area (Å²) in [7, 11) is 0. The lowest BCUT2D eigenvalue weighted by atomic mass is 10.3. The van der Waals surface area contributed by atoms with Gasteiger partial charge in [0.15, 0.2) is 0 Å². The summed E-state index contributed by atoms with van der Waals surface area (Å²) in [5, 5.41) is 11.2. The van der Waals surface area contributed by atoms with Crippen molar-refractivity contribution in [3.63, 3.8) is 0 Å². The van der Waals surface area contributed by atoms with Gasteiger partial charge in [-0.3, -0.25) is 9.59 Å². The van der Waals surface area contributed by atoms with Gasteiger partial charge in [0, 0.05) is 45.5 Å². The average Bonchev–Trinajstić information content (AvgIpc) is 2.55. The molecule has 1 aliphatic heterocycles. The minimum absolute atomic E-state index is 0.00276. The molecular weight excluding hydrogens is 272 g/mol. The van der Waals surface area contributed by atoms with Crippen molar-refractivity contribution in [2.45, 2.75) is 6.42 Å². The van der Waals surface area contributed by atoms with Crippen LogP contribution in [0.3, 0.4) is 0 Å². The van der Waals surface area contributed by atoms with Crippen molar-refractivity contribution in [3.05, 3.63) is 24.4 Å². The third-order valence-corrected chi connectivity index (χ3v) is 3.35. The first-order chi connectivity index (χ1) is 10.2. The third kappa shape index (κ3) is 4.16. The molecular formula is C14H20N4O3. The molecule has 0 spiro atoms. The minimum atomic E-state index is -0.602. The van der Waals surface area contributed by atoms with Crippen LogP contribution in [0.2, 0.25) is 0 Å². The smallest absolute Gasteiger partial charge is 0.312 e. The van der Waals surface area contributed by atoms with E-state index in [2.05, 4.69) is 15.2 Å². The molecule has 21 heavy (non-hydrogen) atoms. The number of pyridine rings is 1. The average molecular weight is 292 g/mol. The molecule has 7 nitrogen and oxygen atoms in total. The van der Waals surface area contributed by atoms with Crippen molar-refractivity contribution >= 4 is 17.6 Å². The zero-order valence-electron chi connectivity index (χ0n) is 11.9. The third-order valence-electron chi connectivity index (χ3n) is 3.35. The molecule has 0 radical (unpaired) electrons. The van der Waals surface area contributed by atoms with Crippen LogP contribution in [0.4, 0.5) is 5.82 Å². The number of rotatable bonds is 4. The number of aliphatic hydroxyl groups excluding tert-OH is 1. The molecule has 0 unspecified atom stereocenters. The molecule has 2 N–H and O–H groups in total. The van der Waals surface area contributed by atoms with Crippen molar-refractivity contribution in [2.75, 3.05) is 44.2 Å². The molecule has 0 aliphatic carbocycles. The lowest BCUT2D eigenvalue weighted by Gasteiger charge is -2.34. The van der Waals surface area contributed by atoms with Crippen LogP contribution < -0.4 is 10.2 Å². The van der Waals surface area contributed by atoms with Crippen LogP contribution in [0.5, 0.6) is 0 Å². The largest absolute Gasteiger partial charge is 0.396 e. The van der Waals surface area contributed by atoms with E-state index in [1.807, 2.05) is 18.2 Å². The Balaban J connectivity index is 1.80. The van der Waals surface area contributed by atoms with Crippen molar-refractivity contribution in [1.29, 1.82) is 0 Å². The Morgan fingerprint density at radius 2 is 2.00 bits per heavy atom. The molecule has 7 heteroatoms. The Labute approximate surface area is 123 Å². The molecule has 2 heterocycles. The summed E-state index contributed by atoms with van der Waals surface area (Å²) in [4.78, 5) is 31.5. The fraction of sp³-hybridized carbons (Fsp3) is 0.500. The number of aromatic nitrogens is 1. The van der Waals surface area contributed by atoms with Gasteiger partial charge in [0.1, 0.15) is 5.82 Å². The van der Waals surface area contributed by atoms with Gasteiger partial charge in [0.05, 0.1) is 0 Å². The van der Waals surface area contributed by atoms with Gasteiger partial charge in [-0.1, -0.05) is 6.07 Å². The van der Waals surface area contributed by atoms with Gasteiger partial charge in [-0.05, 0) is 18.6 Å². The Kier molecular flexibility index (Phi) is 5.51. The SMILES string of the molecule is O=C(NCCCO)C(=O)N1CCN(c2ccccn2)CC1. The maximum atomic E-state index is 12.0. The maximum absolute atomic E-state index is 12.0. The monoisotopic (exact) mass is 292 g/mol. The number of anilines is 1. The summed E-state index contributed by atoms with van der Waals surface area (Å²) in [5.41, 5.74) is 0. The van der Waals surface area contributed by atoms with E-state index >= 15 is 0 Å². The van der Waals surface area contributed by atoms with Crippen molar-refractivity contribution in [1.82, 2.24) is 15.2 Å². The second-order valence-electron chi connectivity index (χ2n) is 4.80. The molecule has 114 valence electrons. The standard InChI is InChI=1S/C14H20N4O3/c19-11-3-6-16-13(20)14(21)18-9-7-17(8-10-18)12-4-1-2-5-15-12/h1-2,4-5,19H,3,6-11H2,(H,16,20). The summed E-state index contributed by atoms with van der Waals surface area (Å²) in [6.07, 6.45) is 2.19. The molecule has 1 fully saturated rings. The van der Waals surface area contributed by atoms with E-state index in [9.17, 15) is 9.59 Å². The van der Waals surface area contributed by atoms with Gasteiger partial charge in [-0.2, -0.15) is 0 Å². The number of hydrogen-bond donors (Lipinski definition) is 2. The fourth-order valence-electron chi connectivity index (χ4n) is 2.18. The van der Waals surface area contributed by atoms with E-state index in [-0.39, 0.29) is 6.61 Å². The highest BCUT2D eigenvalue weighted by molar-refractivity contribution is 6.35. The van der Waals surface area contributed by atoms with Gasteiger partial charge in [0.25, 0.3) is 0 Å². The summed E-state index contributed by atoms with van der Waals surface area (Å²) in [6, 6.07) is 5.72. The molecule has 1 saturated heterocycles. The first-order valence-electron chi connectivity index (χ1n) is 7.06. The highest BCUT2D eigenvalue weighted by atomic mass is 16.3. The topological polar surface area (TPSA) is 85.8 Å². The van der Waals surface area contributed by atoms with E-state index in [1.165, 1.54) is 0 Å². The highest BCUT2D eigenvalue weighted by Gasteiger charge is 2.25. The summed E-state index contributed by atoms with van der Waals surface area (Å²) >= 11 is 0. The number of hydrogen-bond acceptors (Lipinski definition) is 5. The van der Waals surface area contributed by atoms with Gasteiger partial charge in [0.2, 0.25) is 0 Å². The molecule has 0 bridgehead atoms. The molecule has 0 atom stereocenters. The summed E-state index contributed by atoms with van der Waals surface area (Å²) < 4.78 is 0. The van der Waals surface area contributed by atoms with E-state index in [0.29, 0.717) is 39.1 Å². The van der Waals surface area contributed by atoms with Crippen LogP contribution in [0, 0.1) is 0 Å². The van der Waals surface area contributed by atoms with Crippen LogP contribution in [-0.4, -0.2) is 66.1 Å². The van der Waals surface area contributed by atoms with Gasteiger partial charge >= 0.3 is 11.8 Å². The second-order valence-corrected chi connectivity index (χ2v) is 4.80. The van der Waals surface area contributed by atoms with Gasteiger partial charge in [-0.15, -0.1) is 0 Å². The van der Waals surface area contributed by atoms with Gasteiger partial charge < -0.3 is 20.2 Å². The predicted molar refractivity (Wildman–Crippen MR) is 77.7 cm³/mol. The van der Waals surface area contributed by atoms with Gasteiger partial charge in [-0.25, -0.2) is 4.98 Å².